The highest BCUT2D eigenvalue weighted by atomic mass is 16.6. The summed E-state index contributed by atoms with van der Waals surface area (Å²) < 4.78 is 4.42. The Bertz CT molecular complexity index is 112. The summed E-state index contributed by atoms with van der Waals surface area (Å²) in [6.45, 7) is -0.0431. The largest absolute Gasteiger partial charge is 0.434 e. The van der Waals surface area contributed by atoms with E-state index in [2.05, 4.69) is 10.1 Å². The van der Waals surface area contributed by atoms with Crippen LogP contribution < -0.4 is 11.1 Å². The molecule has 4 nitrogen and oxygen atoms in total. The van der Waals surface area contributed by atoms with E-state index in [0.29, 0.717) is 6.04 Å². The maximum Gasteiger partial charge on any atom is 0.408 e. The van der Waals surface area contributed by atoms with Crippen molar-refractivity contribution in [3.8, 4) is 0 Å². The van der Waals surface area contributed by atoms with Gasteiger partial charge in [0.2, 0.25) is 0 Å². The van der Waals surface area contributed by atoms with Crippen molar-refractivity contribution in [3.63, 3.8) is 0 Å². The number of rotatable bonds is 2. The van der Waals surface area contributed by atoms with Gasteiger partial charge < -0.3 is 10.1 Å². The van der Waals surface area contributed by atoms with Gasteiger partial charge in [-0.05, 0) is 12.8 Å². The summed E-state index contributed by atoms with van der Waals surface area (Å²) in [5.74, 6) is 0. The molecule has 0 atom stereocenters. The molecule has 0 aliphatic heterocycles. The Morgan fingerprint density at radius 1 is 1.78 bits per heavy atom. The molecule has 1 aliphatic carbocycles. The molecule has 0 unspecified atom stereocenters. The van der Waals surface area contributed by atoms with Gasteiger partial charge in [0, 0.05) is 6.04 Å². The fourth-order valence-electron chi connectivity index (χ4n) is 0.512. The van der Waals surface area contributed by atoms with Crippen molar-refractivity contribution in [1.82, 2.24) is 5.32 Å². The maximum atomic E-state index is 10.5. The number of ether oxygens (including phenoxy) is 1. The van der Waals surface area contributed by atoms with Crippen molar-refractivity contribution in [2.24, 2.45) is 5.73 Å². The molecule has 0 saturated heterocycles. The number of carbonyl (C=O) groups is 1. The van der Waals surface area contributed by atoms with Crippen LogP contribution in [0.3, 0.4) is 0 Å². The van der Waals surface area contributed by atoms with Gasteiger partial charge in [-0.2, -0.15) is 0 Å². The summed E-state index contributed by atoms with van der Waals surface area (Å²) in [7, 11) is 0. The number of amides is 1. The second-order valence-electron chi connectivity index (χ2n) is 2.02. The van der Waals surface area contributed by atoms with Crippen molar-refractivity contribution in [2.75, 3.05) is 6.73 Å². The zero-order valence-electron chi connectivity index (χ0n) is 5.09. The van der Waals surface area contributed by atoms with E-state index in [1.165, 1.54) is 0 Å². The predicted octanol–water partition coefficient (Wildman–Crippen LogP) is -0.209. The topological polar surface area (TPSA) is 64.3 Å². The Balaban J connectivity index is 2.02. The van der Waals surface area contributed by atoms with Crippen LogP contribution >= 0.6 is 0 Å². The number of hydrogen-bond acceptors (Lipinski definition) is 3. The Morgan fingerprint density at radius 3 is 2.89 bits per heavy atom. The number of alkyl carbamates (subject to hydrolysis) is 1. The molecule has 9 heavy (non-hydrogen) atoms. The molecule has 3 N–H and O–H groups in total. The zero-order chi connectivity index (χ0) is 6.69. The van der Waals surface area contributed by atoms with E-state index in [1.54, 1.807) is 0 Å². The molecular weight excluding hydrogens is 120 g/mol. The molecule has 0 aromatic heterocycles. The van der Waals surface area contributed by atoms with Crippen molar-refractivity contribution < 1.29 is 9.53 Å². The molecular formula is C5H10N2O2. The second-order valence-corrected chi connectivity index (χ2v) is 2.02. The van der Waals surface area contributed by atoms with Crippen LogP contribution in [0.1, 0.15) is 12.8 Å². The number of nitrogens with two attached hydrogens (primary N) is 1. The van der Waals surface area contributed by atoms with Gasteiger partial charge in [-0.15, -0.1) is 0 Å². The Labute approximate surface area is 53.4 Å². The van der Waals surface area contributed by atoms with Gasteiger partial charge in [-0.25, -0.2) is 4.79 Å². The molecule has 1 aliphatic rings. The van der Waals surface area contributed by atoms with Gasteiger partial charge in [0.15, 0.2) is 0 Å². The van der Waals surface area contributed by atoms with E-state index in [4.69, 9.17) is 5.73 Å². The predicted molar refractivity (Wildman–Crippen MR) is 31.7 cm³/mol. The normalized spacial score (nSPS) is 17.0. The molecule has 4 heteroatoms. The average molecular weight is 130 g/mol. The molecule has 1 saturated carbocycles. The van der Waals surface area contributed by atoms with Crippen LogP contribution in [0.15, 0.2) is 0 Å². The van der Waals surface area contributed by atoms with E-state index in [-0.39, 0.29) is 6.73 Å². The quantitative estimate of drug-likeness (QED) is 0.508. The molecule has 0 spiro atoms. The molecule has 0 radical (unpaired) electrons. The van der Waals surface area contributed by atoms with Crippen LogP contribution in [0.2, 0.25) is 0 Å². The molecule has 1 rings (SSSR count). The van der Waals surface area contributed by atoms with Crippen molar-refractivity contribution in [2.45, 2.75) is 18.9 Å². The molecule has 0 aromatic rings. The lowest BCUT2D eigenvalue weighted by atomic mass is 10.7. The zero-order valence-corrected chi connectivity index (χ0v) is 5.09. The first-order valence-corrected chi connectivity index (χ1v) is 2.96. The molecule has 0 aromatic carbocycles. The van der Waals surface area contributed by atoms with Crippen LogP contribution in [-0.2, 0) is 4.74 Å². The van der Waals surface area contributed by atoms with E-state index >= 15 is 0 Å². The highest BCUT2D eigenvalue weighted by Gasteiger charge is 2.23. The first-order chi connectivity index (χ1) is 4.33. The van der Waals surface area contributed by atoms with E-state index < -0.39 is 6.09 Å². The lowest BCUT2D eigenvalue weighted by Crippen LogP contribution is -2.28. The summed E-state index contributed by atoms with van der Waals surface area (Å²) >= 11 is 0. The summed E-state index contributed by atoms with van der Waals surface area (Å²) in [6, 6.07) is 0.351. The Morgan fingerprint density at radius 2 is 2.44 bits per heavy atom. The van der Waals surface area contributed by atoms with E-state index in [0.717, 1.165) is 12.8 Å². The van der Waals surface area contributed by atoms with Gasteiger partial charge >= 0.3 is 6.09 Å². The SMILES string of the molecule is NCOC(=O)NC1CC1. The van der Waals surface area contributed by atoms with E-state index in [9.17, 15) is 4.79 Å². The minimum atomic E-state index is -0.403. The van der Waals surface area contributed by atoms with Gasteiger partial charge in [-0.1, -0.05) is 0 Å². The fraction of sp³-hybridized carbons (Fsp3) is 0.800. The van der Waals surface area contributed by atoms with Crippen molar-refractivity contribution in [3.05, 3.63) is 0 Å². The minimum Gasteiger partial charge on any atom is -0.434 e. The smallest absolute Gasteiger partial charge is 0.408 e. The highest BCUT2D eigenvalue weighted by molar-refractivity contribution is 5.67. The van der Waals surface area contributed by atoms with Gasteiger partial charge in [-0.3, -0.25) is 5.73 Å². The summed E-state index contributed by atoms with van der Waals surface area (Å²) in [4.78, 5) is 10.5. The van der Waals surface area contributed by atoms with Crippen molar-refractivity contribution in [1.29, 1.82) is 0 Å². The minimum absolute atomic E-state index is 0.0431. The monoisotopic (exact) mass is 130 g/mol. The third kappa shape index (κ3) is 2.32. The molecule has 0 heterocycles. The molecule has 1 amide bonds. The Hall–Kier alpha value is -0.770. The molecule has 52 valence electrons. The van der Waals surface area contributed by atoms with Crippen LogP contribution in [0.25, 0.3) is 0 Å². The van der Waals surface area contributed by atoms with Crippen LogP contribution in [0, 0.1) is 0 Å². The number of carbonyl (C=O) groups excluding carboxylic acids is 1. The summed E-state index contributed by atoms with van der Waals surface area (Å²) in [5, 5.41) is 2.61. The van der Waals surface area contributed by atoms with Crippen LogP contribution in [0.4, 0.5) is 4.79 Å². The third-order valence-electron chi connectivity index (χ3n) is 1.11. The first kappa shape index (κ1) is 6.35. The first-order valence-electron chi connectivity index (χ1n) is 2.96. The number of nitrogens with one attached hydrogen (secondary N) is 1. The lowest BCUT2D eigenvalue weighted by Gasteiger charge is -2.00. The van der Waals surface area contributed by atoms with Crippen LogP contribution in [0.5, 0.6) is 0 Å². The fourth-order valence-corrected chi connectivity index (χ4v) is 0.512. The lowest BCUT2D eigenvalue weighted by molar-refractivity contribution is 0.148. The van der Waals surface area contributed by atoms with Gasteiger partial charge in [0.1, 0.15) is 6.73 Å². The summed E-state index contributed by atoms with van der Waals surface area (Å²) in [5.41, 5.74) is 4.94. The standard InChI is InChI=1S/C5H10N2O2/c6-3-9-5(8)7-4-1-2-4/h4H,1-3,6H2,(H,7,8). The third-order valence-corrected chi connectivity index (χ3v) is 1.11. The van der Waals surface area contributed by atoms with Crippen LogP contribution in [-0.4, -0.2) is 18.9 Å². The highest BCUT2D eigenvalue weighted by Crippen LogP contribution is 2.18. The van der Waals surface area contributed by atoms with Gasteiger partial charge in [0.05, 0.1) is 0 Å². The average Bonchev–Trinajstić information content (AvgIpc) is 2.50. The Kier molecular flexibility index (Phi) is 1.89. The second kappa shape index (κ2) is 2.68. The maximum absolute atomic E-state index is 10.5. The van der Waals surface area contributed by atoms with Crippen molar-refractivity contribution >= 4 is 6.09 Å². The molecule has 1 fully saturated rings. The number of hydrogen-bond donors (Lipinski definition) is 2. The van der Waals surface area contributed by atoms with E-state index in [1.807, 2.05) is 0 Å². The van der Waals surface area contributed by atoms with Gasteiger partial charge in [0.25, 0.3) is 0 Å². The summed E-state index contributed by atoms with van der Waals surface area (Å²) in [6.07, 6.45) is 1.74. The molecule has 0 bridgehead atoms.